The van der Waals surface area contributed by atoms with Crippen molar-refractivity contribution in [1.29, 1.82) is 0 Å². The van der Waals surface area contributed by atoms with Gasteiger partial charge in [-0.05, 0) is 22.9 Å². The SMILES string of the molecule is C[C@H](NC(=O)C(F)(F)F)C(=O)Br. The summed E-state index contributed by atoms with van der Waals surface area (Å²) in [6.07, 6.45) is -4.95. The summed E-state index contributed by atoms with van der Waals surface area (Å²) in [6, 6.07) is -1.18. The van der Waals surface area contributed by atoms with E-state index in [1.165, 1.54) is 5.32 Å². The molecule has 1 atom stereocenters. The van der Waals surface area contributed by atoms with Crippen molar-refractivity contribution in [2.45, 2.75) is 19.1 Å². The Morgan fingerprint density at radius 2 is 1.83 bits per heavy atom. The molecule has 0 fully saturated rings. The highest BCUT2D eigenvalue weighted by Gasteiger charge is 2.39. The van der Waals surface area contributed by atoms with Crippen molar-refractivity contribution in [3.05, 3.63) is 0 Å². The molecule has 0 spiro atoms. The van der Waals surface area contributed by atoms with E-state index in [9.17, 15) is 22.8 Å². The van der Waals surface area contributed by atoms with Crippen molar-refractivity contribution in [3.8, 4) is 0 Å². The summed E-state index contributed by atoms with van der Waals surface area (Å²) in [5, 5.41) is 1.46. The van der Waals surface area contributed by atoms with Gasteiger partial charge in [-0.15, -0.1) is 0 Å². The molecule has 0 aliphatic carbocycles. The van der Waals surface area contributed by atoms with Crippen LogP contribution in [0.2, 0.25) is 0 Å². The monoisotopic (exact) mass is 247 g/mol. The fourth-order valence-electron chi connectivity index (χ4n) is 0.335. The van der Waals surface area contributed by atoms with Crippen molar-refractivity contribution in [2.75, 3.05) is 0 Å². The molecule has 0 aromatic heterocycles. The van der Waals surface area contributed by atoms with E-state index in [1.54, 1.807) is 0 Å². The third-order valence-electron chi connectivity index (χ3n) is 0.946. The minimum absolute atomic E-state index is 0.708. The molecule has 1 N–H and O–H groups in total. The predicted molar refractivity (Wildman–Crippen MR) is 37.6 cm³/mol. The quantitative estimate of drug-likeness (QED) is 0.740. The number of hydrogen-bond donors (Lipinski definition) is 1. The van der Waals surface area contributed by atoms with E-state index in [4.69, 9.17) is 0 Å². The number of rotatable bonds is 2. The topological polar surface area (TPSA) is 46.2 Å². The van der Waals surface area contributed by atoms with Gasteiger partial charge >= 0.3 is 12.1 Å². The van der Waals surface area contributed by atoms with Crippen LogP contribution in [0.4, 0.5) is 13.2 Å². The number of nitrogens with one attached hydrogen (secondary N) is 1. The van der Waals surface area contributed by atoms with E-state index in [0.29, 0.717) is 0 Å². The molecule has 1 amide bonds. The summed E-state index contributed by atoms with van der Waals surface area (Å²) in [7, 11) is 0. The number of carbonyl (C=O) groups excluding carboxylic acids is 2. The minimum Gasteiger partial charge on any atom is -0.338 e. The molecule has 0 saturated carbocycles. The Morgan fingerprint density at radius 1 is 1.42 bits per heavy atom. The van der Waals surface area contributed by atoms with Crippen LogP contribution in [-0.4, -0.2) is 22.8 Å². The molecule has 0 bridgehead atoms. The van der Waals surface area contributed by atoms with Crippen LogP contribution >= 0.6 is 15.9 Å². The molecule has 0 saturated heterocycles. The molecule has 0 aromatic carbocycles. The highest BCUT2D eigenvalue weighted by Crippen LogP contribution is 2.14. The first-order chi connectivity index (χ1) is 5.25. The van der Waals surface area contributed by atoms with Crippen molar-refractivity contribution in [2.24, 2.45) is 0 Å². The third-order valence-corrected chi connectivity index (χ3v) is 1.63. The Balaban J connectivity index is 4.11. The van der Waals surface area contributed by atoms with Gasteiger partial charge in [0.25, 0.3) is 0 Å². The molecule has 0 heterocycles. The van der Waals surface area contributed by atoms with Crippen LogP contribution in [0.25, 0.3) is 0 Å². The lowest BCUT2D eigenvalue weighted by atomic mass is 10.4. The predicted octanol–water partition coefficient (Wildman–Crippen LogP) is 0.975. The van der Waals surface area contributed by atoms with Gasteiger partial charge in [-0.2, -0.15) is 13.2 Å². The molecule has 0 radical (unpaired) electrons. The summed E-state index contributed by atoms with van der Waals surface area (Å²) in [5.41, 5.74) is 0. The van der Waals surface area contributed by atoms with Gasteiger partial charge in [0, 0.05) is 0 Å². The van der Waals surface area contributed by atoms with Crippen molar-refractivity contribution >= 4 is 26.5 Å². The van der Waals surface area contributed by atoms with Gasteiger partial charge < -0.3 is 5.32 Å². The first-order valence-corrected chi connectivity index (χ1v) is 3.61. The zero-order valence-electron chi connectivity index (χ0n) is 5.91. The van der Waals surface area contributed by atoms with Gasteiger partial charge in [-0.25, -0.2) is 0 Å². The van der Waals surface area contributed by atoms with Gasteiger partial charge in [0.2, 0.25) is 4.69 Å². The number of amides is 1. The average Bonchev–Trinajstić information content (AvgIpc) is 1.85. The first-order valence-electron chi connectivity index (χ1n) is 2.82. The Morgan fingerprint density at radius 3 is 2.08 bits per heavy atom. The highest BCUT2D eigenvalue weighted by atomic mass is 79.9. The molecule has 7 heteroatoms. The lowest BCUT2D eigenvalue weighted by Crippen LogP contribution is -2.44. The smallest absolute Gasteiger partial charge is 0.338 e. The van der Waals surface area contributed by atoms with Crippen molar-refractivity contribution in [1.82, 2.24) is 5.32 Å². The average molecular weight is 248 g/mol. The number of hydrogen-bond acceptors (Lipinski definition) is 2. The fourth-order valence-corrected chi connectivity index (χ4v) is 0.450. The van der Waals surface area contributed by atoms with Crippen LogP contribution in [0.15, 0.2) is 0 Å². The molecule has 0 unspecified atom stereocenters. The number of halogens is 4. The second kappa shape index (κ2) is 3.88. The van der Waals surface area contributed by atoms with Gasteiger partial charge in [0.15, 0.2) is 0 Å². The summed E-state index contributed by atoms with van der Waals surface area (Å²) >= 11 is 2.41. The van der Waals surface area contributed by atoms with Gasteiger partial charge in [0.1, 0.15) is 0 Å². The van der Waals surface area contributed by atoms with Gasteiger partial charge in [0.05, 0.1) is 6.04 Å². The Labute approximate surface area is 74.4 Å². The number of alkyl halides is 3. The van der Waals surface area contributed by atoms with Crippen LogP contribution in [0.3, 0.4) is 0 Å². The normalized spacial score (nSPS) is 13.8. The van der Waals surface area contributed by atoms with Gasteiger partial charge in [-0.1, -0.05) is 0 Å². The maximum absolute atomic E-state index is 11.5. The minimum atomic E-state index is -4.95. The van der Waals surface area contributed by atoms with E-state index in [1.807, 2.05) is 0 Å². The third kappa shape index (κ3) is 3.70. The Bertz CT molecular complexity index is 203. The molecule has 0 aliphatic rings. The van der Waals surface area contributed by atoms with Crippen LogP contribution in [-0.2, 0) is 9.59 Å². The van der Waals surface area contributed by atoms with E-state index in [-0.39, 0.29) is 0 Å². The Hall–Kier alpha value is -0.590. The molecule has 70 valence electrons. The lowest BCUT2D eigenvalue weighted by molar-refractivity contribution is -0.174. The summed E-state index contributed by atoms with van der Waals surface area (Å²) in [5.74, 6) is -2.12. The van der Waals surface area contributed by atoms with E-state index >= 15 is 0 Å². The summed E-state index contributed by atoms with van der Waals surface area (Å²) in [4.78, 5) is 20.5. The van der Waals surface area contributed by atoms with E-state index in [2.05, 4.69) is 15.9 Å². The maximum Gasteiger partial charge on any atom is 0.471 e. The van der Waals surface area contributed by atoms with Gasteiger partial charge in [-0.3, -0.25) is 9.59 Å². The summed E-state index contributed by atoms with van der Waals surface area (Å²) in [6.45, 7) is 1.14. The molecular weight excluding hydrogens is 243 g/mol. The van der Waals surface area contributed by atoms with Crippen molar-refractivity contribution in [3.63, 3.8) is 0 Å². The van der Waals surface area contributed by atoms with Crippen molar-refractivity contribution < 1.29 is 22.8 Å². The van der Waals surface area contributed by atoms with E-state index < -0.39 is 22.8 Å². The molecule has 0 rings (SSSR count). The van der Waals surface area contributed by atoms with E-state index in [0.717, 1.165) is 6.92 Å². The van der Waals surface area contributed by atoms with Crippen LogP contribution < -0.4 is 5.32 Å². The molecule has 3 nitrogen and oxygen atoms in total. The van der Waals surface area contributed by atoms with Crippen LogP contribution in [0.1, 0.15) is 6.92 Å². The highest BCUT2D eigenvalue weighted by molar-refractivity contribution is 9.18. The lowest BCUT2D eigenvalue weighted by Gasteiger charge is -2.10. The second-order valence-corrected chi connectivity index (χ2v) is 2.78. The summed E-state index contributed by atoms with van der Waals surface area (Å²) < 4.78 is 33.9. The molecule has 0 aromatic rings. The molecular formula is C5H5BrF3NO2. The zero-order chi connectivity index (χ0) is 9.94. The van der Waals surface area contributed by atoms with Crippen LogP contribution in [0.5, 0.6) is 0 Å². The molecule has 12 heavy (non-hydrogen) atoms. The first kappa shape index (κ1) is 11.4. The zero-order valence-corrected chi connectivity index (χ0v) is 7.49. The Kier molecular flexibility index (Phi) is 3.69. The largest absolute Gasteiger partial charge is 0.471 e. The standard InChI is InChI=1S/C5H5BrF3NO2/c1-2(3(6)11)10-4(12)5(7,8)9/h2H,1H3,(H,10,12)/t2-/m0/s1. The number of carbonyl (C=O) groups is 2. The van der Waals surface area contributed by atoms with Crippen LogP contribution in [0, 0.1) is 0 Å². The fraction of sp³-hybridized carbons (Fsp3) is 0.600. The molecule has 0 aliphatic heterocycles. The maximum atomic E-state index is 11.5. The second-order valence-electron chi connectivity index (χ2n) is 2.00.